The quantitative estimate of drug-likeness (QED) is 0.122. The van der Waals surface area contributed by atoms with Crippen molar-refractivity contribution < 1.29 is 19.1 Å². The lowest BCUT2D eigenvalue weighted by Crippen LogP contribution is -2.33. The average molecular weight is 569 g/mol. The molecule has 216 valence electrons. The van der Waals surface area contributed by atoms with Crippen LogP contribution in [-0.2, 0) is 31.9 Å². The van der Waals surface area contributed by atoms with Crippen LogP contribution < -0.4 is 0 Å². The Bertz CT molecular complexity index is 1960. The minimum Gasteiger partial charge on any atom is -0.465 e. The maximum Gasteiger partial charge on any atom is 0.312 e. The molecular weight excluding hydrogens is 532 g/mol. The minimum atomic E-state index is -0.932. The van der Waals surface area contributed by atoms with Crippen LogP contribution >= 0.6 is 0 Å². The number of esters is 2. The molecule has 0 heterocycles. The summed E-state index contributed by atoms with van der Waals surface area (Å²) in [6.07, 6.45) is 1.70. The molecule has 0 saturated heterocycles. The topological polar surface area (TPSA) is 52.6 Å². The van der Waals surface area contributed by atoms with Crippen LogP contribution in [0.4, 0.5) is 0 Å². The molecule has 1 atom stereocenters. The second-order valence-electron chi connectivity index (χ2n) is 11.6. The largest absolute Gasteiger partial charge is 0.465 e. The van der Waals surface area contributed by atoms with Gasteiger partial charge >= 0.3 is 11.9 Å². The maximum absolute atomic E-state index is 13.1. The van der Waals surface area contributed by atoms with Crippen molar-refractivity contribution in [1.82, 2.24) is 0 Å². The Morgan fingerprint density at radius 2 is 1.02 bits per heavy atom. The van der Waals surface area contributed by atoms with E-state index in [1.807, 2.05) is 19.1 Å². The third-order valence-corrected chi connectivity index (χ3v) is 8.71. The van der Waals surface area contributed by atoms with Gasteiger partial charge in [-0.3, -0.25) is 9.59 Å². The minimum absolute atomic E-state index is 0.00729. The summed E-state index contributed by atoms with van der Waals surface area (Å²) in [5.41, 5.74) is 1.28. The van der Waals surface area contributed by atoms with E-state index in [1.54, 1.807) is 6.92 Å². The van der Waals surface area contributed by atoms with E-state index in [4.69, 9.17) is 9.47 Å². The summed E-state index contributed by atoms with van der Waals surface area (Å²) in [6.45, 7) is 4.21. The fourth-order valence-corrected chi connectivity index (χ4v) is 5.84. The molecule has 6 aromatic rings. The van der Waals surface area contributed by atoms with Gasteiger partial charge in [-0.25, -0.2) is 0 Å². The lowest BCUT2D eigenvalue weighted by molar-refractivity contribution is -0.162. The molecule has 0 radical (unpaired) electrons. The van der Waals surface area contributed by atoms with Gasteiger partial charge in [0.2, 0.25) is 0 Å². The number of ether oxygens (including phenoxy) is 2. The number of fused-ring (bicyclic) bond motifs is 6. The molecule has 0 saturated carbocycles. The summed E-state index contributed by atoms with van der Waals surface area (Å²) in [6, 6.07) is 38.0. The second kappa shape index (κ2) is 12.3. The first-order valence-corrected chi connectivity index (χ1v) is 15.1. The first-order chi connectivity index (χ1) is 20.9. The zero-order valence-corrected chi connectivity index (χ0v) is 24.8. The Balaban J connectivity index is 1.03. The molecular formula is C39H36O4. The van der Waals surface area contributed by atoms with E-state index in [1.165, 1.54) is 43.1 Å². The monoisotopic (exact) mass is 568 g/mol. The SMILES string of the molecule is CCC(C)(CC(=O)OCCc1ccc2ccc3ccccc3c2c1)C(=O)OCCc1ccc2ccc3ccccc3c2c1. The highest BCUT2D eigenvalue weighted by atomic mass is 16.5. The number of carbonyl (C=O) groups is 2. The molecule has 6 aromatic carbocycles. The summed E-state index contributed by atoms with van der Waals surface area (Å²) in [7, 11) is 0. The number of rotatable bonds is 10. The van der Waals surface area contributed by atoms with Crippen LogP contribution in [0.15, 0.2) is 109 Å². The number of benzene rings is 6. The smallest absolute Gasteiger partial charge is 0.312 e. The van der Waals surface area contributed by atoms with Gasteiger partial charge in [0.25, 0.3) is 0 Å². The van der Waals surface area contributed by atoms with Crippen molar-refractivity contribution in [3.05, 3.63) is 120 Å². The molecule has 43 heavy (non-hydrogen) atoms. The number of hydrogen-bond acceptors (Lipinski definition) is 4. The Labute approximate surface area is 252 Å². The first kappa shape index (κ1) is 28.4. The molecule has 6 rings (SSSR count). The molecule has 0 aromatic heterocycles. The summed E-state index contributed by atoms with van der Waals surface area (Å²) in [5, 5.41) is 9.59. The van der Waals surface area contributed by atoms with Gasteiger partial charge in [0.15, 0.2) is 0 Å². The molecule has 0 N–H and O–H groups in total. The summed E-state index contributed by atoms with van der Waals surface area (Å²) < 4.78 is 11.3. The zero-order chi connectivity index (χ0) is 29.8. The predicted molar refractivity (Wildman–Crippen MR) is 175 cm³/mol. The van der Waals surface area contributed by atoms with Crippen molar-refractivity contribution in [3.63, 3.8) is 0 Å². The van der Waals surface area contributed by atoms with E-state index >= 15 is 0 Å². The zero-order valence-electron chi connectivity index (χ0n) is 24.8. The first-order valence-electron chi connectivity index (χ1n) is 15.1. The van der Waals surface area contributed by atoms with E-state index in [0.29, 0.717) is 19.3 Å². The van der Waals surface area contributed by atoms with Crippen molar-refractivity contribution in [2.24, 2.45) is 5.41 Å². The lowest BCUT2D eigenvalue weighted by Gasteiger charge is -2.25. The third kappa shape index (κ3) is 6.10. The van der Waals surface area contributed by atoms with E-state index in [-0.39, 0.29) is 31.6 Å². The average Bonchev–Trinajstić information content (AvgIpc) is 3.04. The number of hydrogen-bond donors (Lipinski definition) is 0. The van der Waals surface area contributed by atoms with Crippen LogP contribution in [0.3, 0.4) is 0 Å². The fourth-order valence-electron chi connectivity index (χ4n) is 5.84. The van der Waals surface area contributed by atoms with E-state index in [2.05, 4.69) is 97.1 Å². The maximum atomic E-state index is 13.1. The molecule has 0 aliphatic heterocycles. The molecule has 0 fully saturated rings. The Kier molecular flexibility index (Phi) is 8.11. The molecule has 0 aliphatic carbocycles. The van der Waals surface area contributed by atoms with Crippen LogP contribution in [0.2, 0.25) is 0 Å². The van der Waals surface area contributed by atoms with Gasteiger partial charge in [0.05, 0.1) is 25.0 Å². The van der Waals surface area contributed by atoms with Crippen LogP contribution in [-0.4, -0.2) is 25.2 Å². The Morgan fingerprint density at radius 1 is 0.581 bits per heavy atom. The van der Waals surface area contributed by atoms with Crippen molar-refractivity contribution in [2.75, 3.05) is 13.2 Å². The van der Waals surface area contributed by atoms with Crippen LogP contribution in [0, 0.1) is 5.41 Å². The third-order valence-electron chi connectivity index (χ3n) is 8.71. The predicted octanol–water partition coefficient (Wildman–Crippen LogP) is 8.98. The van der Waals surface area contributed by atoms with E-state index in [0.717, 1.165) is 11.1 Å². The highest BCUT2D eigenvalue weighted by molar-refractivity contribution is 6.08. The lowest BCUT2D eigenvalue weighted by atomic mass is 9.84. The second-order valence-corrected chi connectivity index (χ2v) is 11.6. The molecule has 4 heteroatoms. The standard InChI is InChI=1S/C39H36O4/c1-3-39(2,38(41)43-23-21-28-13-15-32-19-17-30-9-5-7-11-34(30)36(32)25-28)26-37(40)42-22-20-27-12-14-31-18-16-29-8-4-6-10-33(29)35(31)24-27/h4-19,24-25H,3,20-23,26H2,1-2H3. The summed E-state index contributed by atoms with van der Waals surface area (Å²) >= 11 is 0. The number of carbonyl (C=O) groups excluding carboxylic acids is 2. The van der Waals surface area contributed by atoms with Gasteiger partial charge in [0, 0.05) is 12.8 Å². The van der Waals surface area contributed by atoms with Gasteiger partial charge < -0.3 is 9.47 Å². The van der Waals surface area contributed by atoms with Gasteiger partial charge in [-0.05, 0) is 67.6 Å². The fraction of sp³-hybridized carbons (Fsp3) is 0.231. The van der Waals surface area contributed by atoms with Gasteiger partial charge in [-0.1, -0.05) is 116 Å². The van der Waals surface area contributed by atoms with Crippen molar-refractivity contribution in [1.29, 1.82) is 0 Å². The molecule has 0 bridgehead atoms. The van der Waals surface area contributed by atoms with Gasteiger partial charge in [-0.15, -0.1) is 0 Å². The van der Waals surface area contributed by atoms with Crippen molar-refractivity contribution in [2.45, 2.75) is 39.5 Å². The highest BCUT2D eigenvalue weighted by Gasteiger charge is 2.36. The normalized spacial score (nSPS) is 12.9. The molecule has 0 aliphatic rings. The Morgan fingerprint density at radius 3 is 1.53 bits per heavy atom. The highest BCUT2D eigenvalue weighted by Crippen LogP contribution is 2.30. The van der Waals surface area contributed by atoms with E-state index < -0.39 is 5.41 Å². The summed E-state index contributed by atoms with van der Waals surface area (Å²) in [5.74, 6) is -0.742. The Hall–Kier alpha value is -4.70. The summed E-state index contributed by atoms with van der Waals surface area (Å²) in [4.78, 5) is 25.9. The molecule has 4 nitrogen and oxygen atoms in total. The molecule has 0 spiro atoms. The van der Waals surface area contributed by atoms with Gasteiger partial charge in [-0.2, -0.15) is 0 Å². The molecule has 0 amide bonds. The van der Waals surface area contributed by atoms with Gasteiger partial charge in [0.1, 0.15) is 0 Å². The van der Waals surface area contributed by atoms with Crippen LogP contribution in [0.5, 0.6) is 0 Å². The van der Waals surface area contributed by atoms with Crippen LogP contribution in [0.25, 0.3) is 43.1 Å². The van der Waals surface area contributed by atoms with E-state index in [9.17, 15) is 9.59 Å². The van der Waals surface area contributed by atoms with Crippen molar-refractivity contribution >= 4 is 55.0 Å². The van der Waals surface area contributed by atoms with Crippen LogP contribution in [0.1, 0.15) is 37.8 Å². The van der Waals surface area contributed by atoms with Crippen molar-refractivity contribution in [3.8, 4) is 0 Å². The molecule has 1 unspecified atom stereocenters.